The molecule has 2 heterocycles. The molecule has 142 valence electrons. The molecule has 0 radical (unpaired) electrons. The summed E-state index contributed by atoms with van der Waals surface area (Å²) in [6, 6.07) is 7.14. The van der Waals surface area contributed by atoms with Crippen molar-refractivity contribution < 1.29 is 13.9 Å². The third kappa shape index (κ3) is 3.87. The molecule has 0 aliphatic carbocycles. The number of benzene rings is 1. The Balaban J connectivity index is 2.09. The minimum absolute atomic E-state index is 0.232. The molecule has 0 saturated carbocycles. The molecule has 3 rings (SSSR count). The molecular weight excluding hydrogens is 431 g/mol. The fourth-order valence-corrected chi connectivity index (χ4v) is 5.05. The van der Waals surface area contributed by atoms with Crippen LogP contribution in [0, 0.1) is 24.1 Å². The van der Waals surface area contributed by atoms with Gasteiger partial charge in [-0.05, 0) is 66.4 Å². The van der Waals surface area contributed by atoms with E-state index in [1.807, 2.05) is 33.8 Å². The zero-order valence-corrected chi connectivity index (χ0v) is 18.0. The lowest BCUT2D eigenvalue weighted by atomic mass is 9.86. The Hall–Kier alpha value is -1.91. The molecule has 1 aromatic heterocycles. The molecule has 1 unspecified atom stereocenters. The number of rotatable bonds is 1. The minimum Gasteiger partial charge on any atom is -0.444 e. The summed E-state index contributed by atoms with van der Waals surface area (Å²) in [6.07, 6.45) is -0.407. The van der Waals surface area contributed by atoms with E-state index in [2.05, 4.69) is 22.0 Å². The smallest absolute Gasteiger partial charge is 0.410 e. The van der Waals surface area contributed by atoms with E-state index >= 15 is 0 Å². The number of amides is 1. The number of hydrogen-bond acceptors (Lipinski definition) is 4. The highest BCUT2D eigenvalue weighted by molar-refractivity contribution is 9.10. The number of hydrogen-bond donors (Lipinski definition) is 0. The normalized spacial score (nSPS) is 16.6. The van der Waals surface area contributed by atoms with Crippen LogP contribution in [-0.2, 0) is 11.3 Å². The lowest BCUT2D eigenvalue weighted by molar-refractivity contribution is 0.0216. The number of thiophene rings is 1. The maximum atomic E-state index is 14.2. The molecule has 1 amide bonds. The molecule has 0 fully saturated rings. The monoisotopic (exact) mass is 450 g/mol. The van der Waals surface area contributed by atoms with Gasteiger partial charge in [-0.2, -0.15) is 5.26 Å². The number of fused-ring (bicyclic) bond motifs is 1. The lowest BCUT2D eigenvalue weighted by Crippen LogP contribution is -2.41. The molecule has 7 heteroatoms. The minimum atomic E-state index is -0.602. The van der Waals surface area contributed by atoms with Gasteiger partial charge in [0.2, 0.25) is 0 Å². The molecule has 0 saturated heterocycles. The molecule has 1 aromatic carbocycles. The first-order valence-electron chi connectivity index (χ1n) is 8.56. The Kier molecular flexibility index (Phi) is 5.33. The summed E-state index contributed by atoms with van der Waals surface area (Å²) in [7, 11) is 0. The summed E-state index contributed by atoms with van der Waals surface area (Å²) in [4.78, 5) is 15.9. The van der Waals surface area contributed by atoms with Crippen molar-refractivity contribution in [2.45, 2.75) is 45.8 Å². The van der Waals surface area contributed by atoms with Gasteiger partial charge in [-0.3, -0.25) is 0 Å². The third-order valence-electron chi connectivity index (χ3n) is 4.47. The summed E-state index contributed by atoms with van der Waals surface area (Å²) >= 11 is 4.74. The van der Waals surface area contributed by atoms with Crippen molar-refractivity contribution in [2.24, 2.45) is 0 Å². The third-order valence-corrected chi connectivity index (χ3v) is 6.50. The van der Waals surface area contributed by atoms with Gasteiger partial charge in [0.1, 0.15) is 22.4 Å². The Morgan fingerprint density at radius 3 is 2.78 bits per heavy atom. The molecule has 0 N–H and O–H groups in total. The molecule has 1 aliphatic heterocycles. The Morgan fingerprint density at radius 1 is 1.44 bits per heavy atom. The first-order chi connectivity index (χ1) is 12.6. The van der Waals surface area contributed by atoms with Gasteiger partial charge in [0.15, 0.2) is 0 Å². The Morgan fingerprint density at radius 2 is 2.15 bits per heavy atom. The van der Waals surface area contributed by atoms with Gasteiger partial charge in [0, 0.05) is 17.3 Å². The van der Waals surface area contributed by atoms with Gasteiger partial charge in [0.05, 0.1) is 11.0 Å². The fraction of sp³-hybridized carbons (Fsp3) is 0.400. The SMILES string of the molecule is Cc1c(C#N)sc2c1C(c1cccc(F)c1Br)CN(C(=O)OC(C)(C)C)C2. The van der Waals surface area contributed by atoms with Crippen molar-refractivity contribution >= 4 is 33.4 Å². The van der Waals surface area contributed by atoms with Crippen LogP contribution in [0.1, 0.15) is 53.1 Å². The second-order valence-electron chi connectivity index (χ2n) is 7.56. The highest BCUT2D eigenvalue weighted by Gasteiger charge is 2.36. The average Bonchev–Trinajstić information content (AvgIpc) is 2.91. The summed E-state index contributed by atoms with van der Waals surface area (Å²) in [5.74, 6) is -0.582. The molecule has 0 bridgehead atoms. The van der Waals surface area contributed by atoms with Crippen LogP contribution in [0.25, 0.3) is 0 Å². The maximum Gasteiger partial charge on any atom is 0.410 e. The van der Waals surface area contributed by atoms with E-state index in [1.54, 1.807) is 11.0 Å². The van der Waals surface area contributed by atoms with Crippen LogP contribution in [-0.4, -0.2) is 23.1 Å². The quantitative estimate of drug-likeness (QED) is 0.558. The van der Waals surface area contributed by atoms with Gasteiger partial charge in [-0.1, -0.05) is 12.1 Å². The van der Waals surface area contributed by atoms with Crippen LogP contribution >= 0.6 is 27.3 Å². The molecule has 4 nitrogen and oxygen atoms in total. The summed E-state index contributed by atoms with van der Waals surface area (Å²) in [5, 5.41) is 9.44. The predicted molar refractivity (Wildman–Crippen MR) is 106 cm³/mol. The molecule has 2 aromatic rings. The van der Waals surface area contributed by atoms with Crippen LogP contribution in [0.3, 0.4) is 0 Å². The van der Waals surface area contributed by atoms with E-state index in [4.69, 9.17) is 4.74 Å². The van der Waals surface area contributed by atoms with Gasteiger partial charge in [-0.25, -0.2) is 9.18 Å². The van der Waals surface area contributed by atoms with Crippen molar-refractivity contribution in [1.29, 1.82) is 5.26 Å². The van der Waals surface area contributed by atoms with Gasteiger partial charge in [-0.15, -0.1) is 11.3 Å². The van der Waals surface area contributed by atoms with Gasteiger partial charge < -0.3 is 9.64 Å². The Labute approximate surface area is 170 Å². The van der Waals surface area contributed by atoms with Crippen LogP contribution in [0.4, 0.5) is 9.18 Å². The van der Waals surface area contributed by atoms with E-state index in [9.17, 15) is 14.4 Å². The molecule has 1 aliphatic rings. The highest BCUT2D eigenvalue weighted by atomic mass is 79.9. The fourth-order valence-electron chi connectivity index (χ4n) is 3.32. The number of carbonyl (C=O) groups excluding carboxylic acids is 1. The van der Waals surface area contributed by atoms with E-state index in [1.165, 1.54) is 17.4 Å². The van der Waals surface area contributed by atoms with Crippen molar-refractivity contribution in [2.75, 3.05) is 6.54 Å². The van der Waals surface area contributed by atoms with E-state index in [-0.39, 0.29) is 11.7 Å². The van der Waals surface area contributed by atoms with Crippen molar-refractivity contribution in [3.05, 3.63) is 54.9 Å². The lowest BCUT2D eigenvalue weighted by Gasteiger charge is -2.35. The summed E-state index contributed by atoms with van der Waals surface area (Å²) in [6.45, 7) is 8.14. The number of halogens is 2. The van der Waals surface area contributed by atoms with Crippen molar-refractivity contribution in [1.82, 2.24) is 4.90 Å². The highest BCUT2D eigenvalue weighted by Crippen LogP contribution is 2.43. The van der Waals surface area contributed by atoms with Crippen LogP contribution in [0.15, 0.2) is 22.7 Å². The first-order valence-corrected chi connectivity index (χ1v) is 10.2. The van der Waals surface area contributed by atoms with Gasteiger partial charge >= 0.3 is 6.09 Å². The predicted octanol–water partition coefficient (Wildman–Crippen LogP) is 5.71. The van der Waals surface area contributed by atoms with E-state index in [0.717, 1.165) is 21.6 Å². The number of nitrogens with zero attached hydrogens (tertiary/aromatic N) is 2. The van der Waals surface area contributed by atoms with Crippen LogP contribution in [0.2, 0.25) is 0 Å². The van der Waals surface area contributed by atoms with Crippen molar-refractivity contribution in [3.63, 3.8) is 0 Å². The second kappa shape index (κ2) is 7.25. The second-order valence-corrected chi connectivity index (χ2v) is 9.46. The summed E-state index contributed by atoms with van der Waals surface area (Å²) in [5.41, 5.74) is 2.08. The molecule has 0 spiro atoms. The number of carbonyl (C=O) groups is 1. The van der Waals surface area contributed by atoms with Crippen LogP contribution < -0.4 is 0 Å². The Bertz CT molecular complexity index is 943. The molecular formula is C20H20BrFN2O2S. The average molecular weight is 451 g/mol. The van der Waals surface area contributed by atoms with Crippen molar-refractivity contribution in [3.8, 4) is 6.07 Å². The number of nitriles is 1. The van der Waals surface area contributed by atoms with Gasteiger partial charge in [0.25, 0.3) is 0 Å². The standard InChI is InChI=1S/C20H20BrFN2O2S/c1-11-15(8-23)27-16-10-24(19(25)26-20(2,3)4)9-13(17(11)16)12-6-5-7-14(22)18(12)21/h5-7,13H,9-10H2,1-4H3. The van der Waals surface area contributed by atoms with E-state index < -0.39 is 11.7 Å². The van der Waals surface area contributed by atoms with E-state index in [0.29, 0.717) is 22.4 Å². The first kappa shape index (κ1) is 19.8. The topological polar surface area (TPSA) is 53.3 Å². The number of ether oxygens (including phenoxy) is 1. The maximum absolute atomic E-state index is 14.2. The zero-order valence-electron chi connectivity index (χ0n) is 15.6. The van der Waals surface area contributed by atoms with Crippen LogP contribution in [0.5, 0.6) is 0 Å². The largest absolute Gasteiger partial charge is 0.444 e. The summed E-state index contributed by atoms with van der Waals surface area (Å²) < 4.78 is 20.1. The molecule has 1 atom stereocenters. The molecule has 27 heavy (non-hydrogen) atoms. The zero-order chi connectivity index (χ0) is 19.9.